The molecule has 2 fully saturated rings. The molecule has 1 amide bonds. The highest BCUT2D eigenvalue weighted by Gasteiger charge is 2.34. The predicted molar refractivity (Wildman–Crippen MR) is 104 cm³/mol. The molecule has 0 aliphatic carbocycles. The van der Waals surface area contributed by atoms with E-state index in [1.54, 1.807) is 0 Å². The molecule has 2 aliphatic heterocycles. The van der Waals surface area contributed by atoms with Gasteiger partial charge in [-0.1, -0.05) is 18.2 Å². The van der Waals surface area contributed by atoms with Crippen LogP contribution in [0.15, 0.2) is 30.3 Å². The van der Waals surface area contributed by atoms with Crippen molar-refractivity contribution in [3.63, 3.8) is 0 Å². The van der Waals surface area contributed by atoms with E-state index in [2.05, 4.69) is 52.5 Å². The summed E-state index contributed by atoms with van der Waals surface area (Å²) in [5.74, 6) is 0.554. The van der Waals surface area contributed by atoms with Crippen LogP contribution in [0.5, 0.6) is 0 Å². The zero-order valence-corrected chi connectivity index (χ0v) is 15.6. The van der Waals surface area contributed by atoms with Crippen molar-refractivity contribution in [1.29, 1.82) is 0 Å². The number of aromatic nitrogens is 1. The van der Waals surface area contributed by atoms with Gasteiger partial charge in [0.2, 0.25) is 5.91 Å². The predicted octanol–water partition coefficient (Wildman–Crippen LogP) is 4.03. The number of piperidine rings is 2. The Labute approximate surface area is 155 Å². The van der Waals surface area contributed by atoms with Crippen LogP contribution >= 0.6 is 12.4 Å². The van der Waals surface area contributed by atoms with Gasteiger partial charge in [0.25, 0.3) is 0 Å². The van der Waals surface area contributed by atoms with E-state index in [0.29, 0.717) is 11.9 Å². The van der Waals surface area contributed by atoms with Crippen LogP contribution < -0.4 is 5.32 Å². The number of para-hydroxylation sites is 1. The molecular formula is C20H28ClN3O. The van der Waals surface area contributed by atoms with E-state index in [9.17, 15) is 4.79 Å². The van der Waals surface area contributed by atoms with Gasteiger partial charge in [-0.05, 0) is 63.1 Å². The molecule has 0 radical (unpaired) electrons. The highest BCUT2D eigenvalue weighted by Crippen LogP contribution is 2.34. The maximum Gasteiger partial charge on any atom is 0.226 e. The number of fused-ring (bicyclic) bond motifs is 1. The Morgan fingerprint density at radius 3 is 2.84 bits per heavy atom. The number of carbonyl (C=O) groups is 1. The number of carbonyl (C=O) groups excluding carboxylic acids is 1. The number of amides is 1. The lowest BCUT2D eigenvalue weighted by molar-refractivity contribution is -0.140. The average molecular weight is 362 g/mol. The third-order valence-corrected chi connectivity index (χ3v) is 5.67. The number of nitrogens with zero attached hydrogens (tertiary/aromatic N) is 1. The molecule has 2 aromatic rings. The number of aromatic amines is 1. The Balaban J connectivity index is 0.00000182. The molecule has 3 atom stereocenters. The highest BCUT2D eigenvalue weighted by molar-refractivity contribution is 5.85. The van der Waals surface area contributed by atoms with E-state index in [1.807, 2.05) is 0 Å². The fourth-order valence-electron chi connectivity index (χ4n) is 4.38. The van der Waals surface area contributed by atoms with Gasteiger partial charge in [0, 0.05) is 29.7 Å². The molecule has 1 aromatic carbocycles. The summed E-state index contributed by atoms with van der Waals surface area (Å²) in [5.41, 5.74) is 2.37. The van der Waals surface area contributed by atoms with E-state index < -0.39 is 0 Å². The third kappa shape index (κ3) is 3.70. The molecule has 0 bridgehead atoms. The third-order valence-electron chi connectivity index (χ3n) is 5.67. The van der Waals surface area contributed by atoms with Gasteiger partial charge in [0.05, 0.1) is 6.04 Å². The van der Waals surface area contributed by atoms with Gasteiger partial charge in [-0.15, -0.1) is 12.4 Å². The fourth-order valence-corrected chi connectivity index (χ4v) is 4.38. The van der Waals surface area contributed by atoms with E-state index in [4.69, 9.17) is 0 Å². The van der Waals surface area contributed by atoms with Gasteiger partial charge in [0.1, 0.15) is 0 Å². The van der Waals surface area contributed by atoms with Gasteiger partial charge in [-0.3, -0.25) is 4.79 Å². The summed E-state index contributed by atoms with van der Waals surface area (Å²) in [4.78, 5) is 18.9. The summed E-state index contributed by atoms with van der Waals surface area (Å²) in [6.45, 7) is 4.05. The molecule has 2 N–H and O–H groups in total. The van der Waals surface area contributed by atoms with Gasteiger partial charge in [-0.25, -0.2) is 0 Å². The lowest BCUT2D eigenvalue weighted by Crippen LogP contribution is -2.46. The summed E-state index contributed by atoms with van der Waals surface area (Å²) >= 11 is 0. The van der Waals surface area contributed by atoms with Crippen molar-refractivity contribution in [2.45, 2.75) is 51.1 Å². The second kappa shape index (κ2) is 7.79. The van der Waals surface area contributed by atoms with Crippen molar-refractivity contribution < 1.29 is 4.79 Å². The van der Waals surface area contributed by atoms with Gasteiger partial charge >= 0.3 is 0 Å². The first-order chi connectivity index (χ1) is 11.7. The minimum absolute atomic E-state index is 0. The Bertz CT molecular complexity index is 696. The van der Waals surface area contributed by atoms with E-state index in [1.165, 1.54) is 23.0 Å². The molecule has 2 saturated heterocycles. The molecule has 0 spiro atoms. The number of nitrogens with one attached hydrogen (secondary N) is 2. The molecule has 1 aromatic heterocycles. The standard InChI is InChI=1S/C20H27N3O.ClH/c1-14-12-16(9-10-21-14)20(24)23-11-5-4-8-19(23)18-13-15-6-2-3-7-17(15)22-18;/h2-3,6-7,13-14,16,19,21-22H,4-5,8-12H2,1H3;1H/t14-,16-,19?;/m0./s1. The first-order valence-electron chi connectivity index (χ1n) is 9.34. The normalized spacial score (nSPS) is 27.1. The number of hydrogen-bond acceptors (Lipinski definition) is 2. The van der Waals surface area contributed by atoms with Gasteiger partial charge in [0.15, 0.2) is 0 Å². The average Bonchev–Trinajstić information content (AvgIpc) is 3.05. The van der Waals surface area contributed by atoms with Gasteiger partial charge < -0.3 is 15.2 Å². The summed E-state index contributed by atoms with van der Waals surface area (Å²) in [6.07, 6.45) is 5.34. The highest BCUT2D eigenvalue weighted by atomic mass is 35.5. The molecular weight excluding hydrogens is 334 g/mol. The molecule has 4 rings (SSSR count). The number of halogens is 1. The Kier molecular flexibility index (Phi) is 5.70. The van der Waals surface area contributed by atoms with Crippen LogP contribution in [0.2, 0.25) is 0 Å². The largest absolute Gasteiger partial charge is 0.357 e. The number of hydrogen-bond donors (Lipinski definition) is 2. The zero-order chi connectivity index (χ0) is 16.5. The topological polar surface area (TPSA) is 48.1 Å². The first-order valence-corrected chi connectivity index (χ1v) is 9.34. The second-order valence-electron chi connectivity index (χ2n) is 7.43. The van der Waals surface area contributed by atoms with Crippen LogP contribution in [0.25, 0.3) is 10.9 Å². The monoisotopic (exact) mass is 361 g/mol. The summed E-state index contributed by atoms with van der Waals surface area (Å²) in [7, 11) is 0. The minimum atomic E-state index is 0. The lowest BCUT2D eigenvalue weighted by Gasteiger charge is -2.39. The van der Waals surface area contributed by atoms with Crippen molar-refractivity contribution >= 4 is 29.2 Å². The van der Waals surface area contributed by atoms with Crippen molar-refractivity contribution in [2.75, 3.05) is 13.1 Å². The quantitative estimate of drug-likeness (QED) is 0.848. The van der Waals surface area contributed by atoms with Crippen molar-refractivity contribution in [3.8, 4) is 0 Å². The first kappa shape index (κ1) is 18.3. The minimum Gasteiger partial charge on any atom is -0.357 e. The van der Waals surface area contributed by atoms with E-state index in [0.717, 1.165) is 38.8 Å². The zero-order valence-electron chi connectivity index (χ0n) is 14.8. The van der Waals surface area contributed by atoms with Crippen LogP contribution in [0, 0.1) is 5.92 Å². The summed E-state index contributed by atoms with van der Waals surface area (Å²) < 4.78 is 0. The number of rotatable bonds is 2. The number of benzene rings is 1. The van der Waals surface area contributed by atoms with Crippen molar-refractivity contribution in [2.24, 2.45) is 5.92 Å². The molecule has 1 unspecified atom stereocenters. The maximum atomic E-state index is 13.2. The molecule has 2 aliphatic rings. The Hall–Kier alpha value is -1.52. The van der Waals surface area contributed by atoms with E-state index >= 15 is 0 Å². The molecule has 5 heteroatoms. The number of likely N-dealkylation sites (tertiary alicyclic amines) is 1. The molecule has 3 heterocycles. The molecule has 136 valence electrons. The number of H-pyrrole nitrogens is 1. The van der Waals surface area contributed by atoms with Crippen LogP contribution in [0.3, 0.4) is 0 Å². The van der Waals surface area contributed by atoms with Crippen LogP contribution in [-0.2, 0) is 4.79 Å². The second-order valence-corrected chi connectivity index (χ2v) is 7.43. The Morgan fingerprint density at radius 1 is 1.20 bits per heavy atom. The Morgan fingerprint density at radius 2 is 2.04 bits per heavy atom. The van der Waals surface area contributed by atoms with Crippen LogP contribution in [0.4, 0.5) is 0 Å². The van der Waals surface area contributed by atoms with Crippen LogP contribution in [0.1, 0.15) is 50.8 Å². The van der Waals surface area contributed by atoms with Crippen LogP contribution in [-0.4, -0.2) is 34.9 Å². The lowest BCUT2D eigenvalue weighted by atomic mass is 9.89. The molecule has 4 nitrogen and oxygen atoms in total. The summed E-state index contributed by atoms with van der Waals surface area (Å²) in [5, 5.41) is 4.69. The molecule has 0 saturated carbocycles. The maximum absolute atomic E-state index is 13.2. The van der Waals surface area contributed by atoms with Crippen molar-refractivity contribution in [1.82, 2.24) is 15.2 Å². The van der Waals surface area contributed by atoms with Gasteiger partial charge in [-0.2, -0.15) is 0 Å². The van der Waals surface area contributed by atoms with Crippen molar-refractivity contribution in [3.05, 3.63) is 36.0 Å². The van der Waals surface area contributed by atoms with E-state index in [-0.39, 0.29) is 24.4 Å². The smallest absolute Gasteiger partial charge is 0.226 e. The fraction of sp³-hybridized carbons (Fsp3) is 0.550. The summed E-state index contributed by atoms with van der Waals surface area (Å²) in [6, 6.07) is 11.3. The SMILES string of the molecule is C[C@H]1C[C@@H](C(=O)N2CCCCC2c2cc3ccccc3[nH]2)CCN1.Cl. The molecule has 25 heavy (non-hydrogen) atoms.